The fraction of sp³-hybridized carbons (Fsp3) is 0.196. The number of rotatable bonds is 6. The molecule has 0 spiro atoms. The second-order valence-corrected chi connectivity index (χ2v) is 33.0. The van der Waals surface area contributed by atoms with Gasteiger partial charge >= 0.3 is 356 Å². The fourth-order valence-electron chi connectivity index (χ4n) is 10.7. The minimum atomic E-state index is -5.81. The van der Waals surface area contributed by atoms with Crippen molar-refractivity contribution in [3.63, 3.8) is 0 Å². The Morgan fingerprint density at radius 3 is 1.50 bits per heavy atom. The van der Waals surface area contributed by atoms with E-state index in [1.54, 1.807) is 6.07 Å². The average molecular weight is 872 g/mol. The van der Waals surface area contributed by atoms with Crippen LogP contribution in [0.3, 0.4) is 0 Å². The Hall–Kier alpha value is -5.18. The Morgan fingerprint density at radius 2 is 0.983 bits per heavy atom. The molecule has 0 nitrogen and oxygen atoms in total. The summed E-state index contributed by atoms with van der Waals surface area (Å²) in [5, 5.41) is 2.10. The van der Waals surface area contributed by atoms with Crippen LogP contribution in [-0.2, 0) is 35.3 Å². The first kappa shape index (κ1) is 40.2. The van der Waals surface area contributed by atoms with Crippen LogP contribution in [0.1, 0.15) is 73.0 Å². The summed E-state index contributed by atoms with van der Waals surface area (Å²) in [4.78, 5) is 0. The predicted octanol–water partition coefficient (Wildman–Crippen LogP) is 14.5. The third-order valence-electron chi connectivity index (χ3n) is 13.5. The van der Waals surface area contributed by atoms with E-state index >= 15 is 13.2 Å². The van der Waals surface area contributed by atoms with Crippen LogP contribution in [0.25, 0.3) is 44.2 Å². The van der Waals surface area contributed by atoms with Crippen molar-refractivity contribution in [3.8, 4) is 33.4 Å². The maximum atomic E-state index is 15.1. The van der Waals surface area contributed by atoms with Crippen molar-refractivity contribution in [3.05, 3.63) is 204 Å². The Bertz CT molecular complexity index is 2810. The van der Waals surface area contributed by atoms with Crippen LogP contribution in [0.4, 0.5) is 13.2 Å². The number of fused-ring (bicyclic) bond motifs is 4. The summed E-state index contributed by atoms with van der Waals surface area (Å²) in [7, 11) is 0. The molecule has 0 amide bonds. The van der Waals surface area contributed by atoms with Gasteiger partial charge in [0.2, 0.25) is 0 Å². The maximum absolute atomic E-state index is 15.1. The van der Waals surface area contributed by atoms with Gasteiger partial charge in [-0.1, -0.05) is 0 Å². The molecule has 0 saturated carbocycles. The molecular weight excluding hydrogens is 821 g/mol. The number of benzene rings is 7. The number of hydrogen-bond acceptors (Lipinski definition) is 0. The van der Waals surface area contributed by atoms with E-state index in [1.165, 1.54) is 23.3 Å². The number of halogens is 3. The van der Waals surface area contributed by atoms with Crippen molar-refractivity contribution in [2.24, 2.45) is 0 Å². The van der Waals surface area contributed by atoms with Gasteiger partial charge in [-0.15, -0.1) is 0 Å². The molecule has 0 unspecified atom stereocenters. The van der Waals surface area contributed by atoms with Crippen molar-refractivity contribution in [1.82, 2.24) is 0 Å². The molecular formula is C56H51F3Zr. The molecule has 0 fully saturated rings. The molecule has 0 atom stereocenters. The summed E-state index contributed by atoms with van der Waals surface area (Å²) in [6.07, 6.45) is 4.09. The summed E-state index contributed by atoms with van der Waals surface area (Å²) in [6, 6.07) is 51.9. The predicted molar refractivity (Wildman–Crippen MR) is 246 cm³/mol. The first-order valence-corrected chi connectivity index (χ1v) is 28.0. The van der Waals surface area contributed by atoms with Gasteiger partial charge in [-0.3, -0.25) is 0 Å². The summed E-state index contributed by atoms with van der Waals surface area (Å²) in [5.41, 5.74) is 10.5. The second kappa shape index (κ2) is 14.2. The molecule has 0 saturated heterocycles. The molecule has 2 aliphatic carbocycles. The van der Waals surface area contributed by atoms with Gasteiger partial charge in [-0.05, 0) is 0 Å². The van der Waals surface area contributed by atoms with Crippen LogP contribution in [-0.4, -0.2) is 4.21 Å². The van der Waals surface area contributed by atoms with E-state index in [0.29, 0.717) is 0 Å². The standard InChI is InChI=1S/C33H33.C10H7.C7H4F3.C5H5.CH2.Zr/c1-32(2,3)30-20-26-24(18-28(30)22-13-9-7-10-14-22)17-25-19-29(23-15-11-8-12-16-23)31(21-27(25)26)33(4,5)6;1-2-6-10-8-4-3-7-9(10)5-1;8-7(9,10)6-4-2-1-3-5-6;1-2-4-5-3-1;;/h7-21H,1-6H3;1-7H;1-2,4-5H;1-5H;1H2;. The van der Waals surface area contributed by atoms with Gasteiger partial charge < -0.3 is 0 Å². The number of allylic oxidation sites excluding steroid dienone is 4. The van der Waals surface area contributed by atoms with Crippen molar-refractivity contribution in [1.29, 1.82) is 0 Å². The fourth-order valence-corrected chi connectivity index (χ4v) is 29.0. The third kappa shape index (κ3) is 6.24. The molecule has 7 aromatic carbocycles. The van der Waals surface area contributed by atoms with Crippen LogP contribution in [0.2, 0.25) is 3.63 Å². The zero-order chi connectivity index (χ0) is 42.3. The van der Waals surface area contributed by atoms with Gasteiger partial charge in [0.25, 0.3) is 0 Å². The number of alkyl halides is 3. The third-order valence-corrected chi connectivity index (χ3v) is 31.3. The van der Waals surface area contributed by atoms with Crippen LogP contribution in [0.5, 0.6) is 0 Å². The Kier molecular flexibility index (Phi) is 9.53. The molecule has 0 N–H and O–H groups in total. The van der Waals surface area contributed by atoms with Crippen LogP contribution >= 0.6 is 0 Å². The van der Waals surface area contributed by atoms with Crippen molar-refractivity contribution < 1.29 is 31.5 Å². The molecule has 0 aliphatic heterocycles. The van der Waals surface area contributed by atoms with Crippen LogP contribution in [0.15, 0.2) is 176 Å². The van der Waals surface area contributed by atoms with Gasteiger partial charge in [-0.2, -0.15) is 0 Å². The Labute approximate surface area is 353 Å². The van der Waals surface area contributed by atoms with Crippen molar-refractivity contribution in [2.75, 3.05) is 0 Å². The Balaban J connectivity index is 1.55. The molecule has 60 heavy (non-hydrogen) atoms. The SMILES string of the molecule is [CH2]=[Zr]([c]1cccc(C(F)(F)F)c1)([c]1cccc2ccccc12)([CH]1C=CC=C1)[CH]1c2cc(-c3ccccc3)c(C(C)(C)C)cc2-c2cc(C(C)(C)C)c(-c3ccccc3)cc21. The minimum absolute atomic E-state index is 0.217. The molecule has 2 aliphatic rings. The molecule has 0 radical (unpaired) electrons. The topological polar surface area (TPSA) is 0 Å². The quantitative estimate of drug-likeness (QED) is 0.156. The number of hydrogen-bond donors (Lipinski definition) is 0. The van der Waals surface area contributed by atoms with Gasteiger partial charge in [-0.25, -0.2) is 0 Å². The van der Waals surface area contributed by atoms with E-state index in [-0.39, 0.29) is 18.1 Å². The zero-order valence-corrected chi connectivity index (χ0v) is 37.7. The monoisotopic (exact) mass is 870 g/mol. The molecule has 0 aromatic heterocycles. The van der Waals surface area contributed by atoms with Crippen LogP contribution in [0, 0.1) is 0 Å². The molecule has 9 rings (SSSR count). The molecule has 7 aromatic rings. The normalized spacial score (nSPS) is 14.8. The van der Waals surface area contributed by atoms with E-state index in [0.717, 1.165) is 61.8 Å². The van der Waals surface area contributed by atoms with E-state index in [4.69, 9.17) is 4.21 Å². The van der Waals surface area contributed by atoms with Crippen LogP contribution < -0.4 is 6.54 Å². The molecule has 300 valence electrons. The summed E-state index contributed by atoms with van der Waals surface area (Å²) >= 11 is -5.81. The van der Waals surface area contributed by atoms with Gasteiger partial charge in [0, 0.05) is 0 Å². The molecule has 0 heterocycles. The van der Waals surface area contributed by atoms with Gasteiger partial charge in [0.05, 0.1) is 0 Å². The zero-order valence-electron chi connectivity index (χ0n) is 35.2. The Morgan fingerprint density at radius 1 is 0.500 bits per heavy atom. The second-order valence-electron chi connectivity index (χ2n) is 19.2. The summed E-state index contributed by atoms with van der Waals surface area (Å²) in [6.45, 7) is 13.6. The van der Waals surface area contributed by atoms with Crippen molar-refractivity contribution >= 4 is 21.5 Å². The van der Waals surface area contributed by atoms with E-state index in [1.807, 2.05) is 24.3 Å². The molecule has 0 bridgehead atoms. The first-order chi connectivity index (χ1) is 28.5. The molecule has 4 heteroatoms. The van der Waals surface area contributed by atoms with E-state index < -0.39 is 30.0 Å². The average Bonchev–Trinajstić information content (AvgIpc) is 3.90. The summed E-state index contributed by atoms with van der Waals surface area (Å²) < 4.78 is 52.4. The van der Waals surface area contributed by atoms with Crippen molar-refractivity contribution in [2.45, 2.75) is 65.8 Å². The van der Waals surface area contributed by atoms with Gasteiger partial charge in [0.15, 0.2) is 0 Å². The van der Waals surface area contributed by atoms with E-state index in [2.05, 4.69) is 175 Å². The van der Waals surface area contributed by atoms with E-state index in [9.17, 15) is 0 Å². The summed E-state index contributed by atoms with van der Waals surface area (Å²) in [5.74, 6) is 0. The first-order valence-electron chi connectivity index (χ1n) is 21.0. The van der Waals surface area contributed by atoms with Gasteiger partial charge in [0.1, 0.15) is 0 Å².